The summed E-state index contributed by atoms with van der Waals surface area (Å²) in [7, 11) is 0. The Balaban J connectivity index is 1.24. The number of halogens is 3. The highest BCUT2D eigenvalue weighted by Crippen LogP contribution is 2.44. The fraction of sp³-hybridized carbons (Fsp3) is 0.333. The van der Waals surface area contributed by atoms with Gasteiger partial charge in [0.1, 0.15) is 17.1 Å². The molecule has 1 aromatic carbocycles. The summed E-state index contributed by atoms with van der Waals surface area (Å²) in [5, 5.41) is 9.01. The van der Waals surface area contributed by atoms with E-state index < -0.39 is 11.9 Å². The van der Waals surface area contributed by atoms with Gasteiger partial charge in [-0.2, -0.15) is 28.6 Å². The first-order valence-electron chi connectivity index (χ1n) is 11.2. The van der Waals surface area contributed by atoms with E-state index in [0.717, 1.165) is 18.7 Å². The number of imidazole rings is 1. The summed E-state index contributed by atoms with van der Waals surface area (Å²) in [6.07, 6.45) is 3.86. The van der Waals surface area contributed by atoms with Crippen LogP contribution in [0.1, 0.15) is 47.9 Å². The van der Waals surface area contributed by atoms with E-state index in [1.165, 1.54) is 36.2 Å². The van der Waals surface area contributed by atoms with Crippen molar-refractivity contribution in [2.24, 2.45) is 0 Å². The van der Waals surface area contributed by atoms with Crippen LogP contribution < -0.4 is 4.74 Å². The molecule has 10 heteroatoms. The number of nitrogens with zero attached hydrogens (tertiary/aromatic N) is 5. The molecule has 0 saturated heterocycles. The minimum absolute atomic E-state index is 0.264. The van der Waals surface area contributed by atoms with E-state index in [1.807, 2.05) is 10.8 Å². The Kier molecular flexibility index (Phi) is 4.89. The van der Waals surface area contributed by atoms with Crippen LogP contribution in [0, 0.1) is 0 Å². The van der Waals surface area contributed by atoms with E-state index in [0.29, 0.717) is 29.8 Å². The van der Waals surface area contributed by atoms with Crippen molar-refractivity contribution in [1.29, 1.82) is 0 Å². The molecule has 0 unspecified atom stereocenters. The molecule has 0 amide bonds. The Morgan fingerprint density at radius 1 is 1.03 bits per heavy atom. The summed E-state index contributed by atoms with van der Waals surface area (Å²) in [6.45, 7) is 1.41. The zero-order valence-corrected chi connectivity index (χ0v) is 18.1. The average molecular weight is 466 g/mol. The number of aromatic amines is 1. The highest BCUT2D eigenvalue weighted by molar-refractivity contribution is 5.67. The van der Waals surface area contributed by atoms with Gasteiger partial charge in [-0.3, -0.25) is 4.98 Å². The third-order valence-corrected chi connectivity index (χ3v) is 6.43. The number of nitrogens with one attached hydrogen (secondary N) is 1. The molecule has 1 aliphatic heterocycles. The summed E-state index contributed by atoms with van der Waals surface area (Å²) in [5.74, 6) is 1.95. The summed E-state index contributed by atoms with van der Waals surface area (Å²) >= 11 is 0. The number of pyridine rings is 1. The molecular weight excluding hydrogens is 445 g/mol. The highest BCUT2D eigenvalue weighted by Gasteiger charge is 2.38. The fourth-order valence-corrected chi connectivity index (χ4v) is 4.53. The van der Waals surface area contributed by atoms with Gasteiger partial charge in [0.05, 0.1) is 18.6 Å². The SMILES string of the molecule is FC(F)(F)c1n[nH]nc1-c1ccnc(-c2cn(C[C@@H]3CCOc4cc(C5CC5)ccc43)cn2)c1. The zero-order valence-electron chi connectivity index (χ0n) is 18.1. The molecule has 4 heterocycles. The number of ether oxygens (including phenoxy) is 1. The van der Waals surface area contributed by atoms with Gasteiger partial charge in [-0.05, 0) is 54.5 Å². The maximum absolute atomic E-state index is 13.2. The number of benzene rings is 1. The Morgan fingerprint density at radius 3 is 2.74 bits per heavy atom. The first-order chi connectivity index (χ1) is 16.5. The number of rotatable bonds is 5. The first-order valence-corrected chi connectivity index (χ1v) is 11.2. The second-order valence-electron chi connectivity index (χ2n) is 8.81. The second-order valence-corrected chi connectivity index (χ2v) is 8.81. The van der Waals surface area contributed by atoms with Crippen LogP contribution >= 0.6 is 0 Å². The van der Waals surface area contributed by atoms with Crippen LogP contribution in [0.25, 0.3) is 22.6 Å². The van der Waals surface area contributed by atoms with Crippen molar-refractivity contribution in [3.63, 3.8) is 0 Å². The number of H-pyrrole nitrogens is 1. The number of hydrogen-bond donors (Lipinski definition) is 1. The highest BCUT2D eigenvalue weighted by atomic mass is 19.4. The normalized spacial score (nSPS) is 17.9. The van der Waals surface area contributed by atoms with Crippen molar-refractivity contribution in [3.05, 3.63) is 65.9 Å². The number of fused-ring (bicyclic) bond motifs is 1. The van der Waals surface area contributed by atoms with Crippen molar-refractivity contribution in [3.8, 4) is 28.4 Å². The summed E-state index contributed by atoms with van der Waals surface area (Å²) in [4.78, 5) is 8.75. The predicted molar refractivity (Wildman–Crippen MR) is 117 cm³/mol. The molecule has 7 nitrogen and oxygen atoms in total. The van der Waals surface area contributed by atoms with Gasteiger partial charge in [0.25, 0.3) is 0 Å². The van der Waals surface area contributed by atoms with Crippen LogP contribution in [0.3, 0.4) is 0 Å². The lowest BCUT2D eigenvalue weighted by Crippen LogP contribution is -2.18. The van der Waals surface area contributed by atoms with Crippen molar-refractivity contribution >= 4 is 0 Å². The van der Waals surface area contributed by atoms with E-state index in [2.05, 4.69) is 43.6 Å². The molecule has 3 aromatic heterocycles. The van der Waals surface area contributed by atoms with Gasteiger partial charge in [-0.25, -0.2) is 4.98 Å². The lowest BCUT2D eigenvalue weighted by atomic mass is 9.91. The fourth-order valence-electron chi connectivity index (χ4n) is 4.53. The van der Waals surface area contributed by atoms with Crippen LogP contribution in [0.5, 0.6) is 5.75 Å². The Hall–Kier alpha value is -3.69. The molecule has 1 fully saturated rings. The molecule has 34 heavy (non-hydrogen) atoms. The molecule has 0 bridgehead atoms. The van der Waals surface area contributed by atoms with Crippen LogP contribution in [0.2, 0.25) is 0 Å². The third kappa shape index (κ3) is 3.93. The predicted octanol–water partition coefficient (Wildman–Crippen LogP) is 5.19. The molecule has 1 aliphatic carbocycles. The maximum Gasteiger partial charge on any atom is 0.437 e. The van der Waals surface area contributed by atoms with Crippen molar-refractivity contribution in [1.82, 2.24) is 29.9 Å². The first kappa shape index (κ1) is 20.9. The van der Waals surface area contributed by atoms with Gasteiger partial charge in [-0.1, -0.05) is 12.1 Å². The van der Waals surface area contributed by atoms with Gasteiger partial charge in [0.2, 0.25) is 0 Å². The topological polar surface area (TPSA) is 81.5 Å². The van der Waals surface area contributed by atoms with Crippen LogP contribution in [-0.4, -0.2) is 36.6 Å². The van der Waals surface area contributed by atoms with Gasteiger partial charge in [0.15, 0.2) is 5.69 Å². The molecule has 6 rings (SSSR count). The lowest BCUT2D eigenvalue weighted by Gasteiger charge is -2.26. The summed E-state index contributed by atoms with van der Waals surface area (Å²) in [6, 6.07) is 9.61. The van der Waals surface area contributed by atoms with Gasteiger partial charge < -0.3 is 9.30 Å². The number of alkyl halides is 3. The van der Waals surface area contributed by atoms with E-state index in [4.69, 9.17) is 4.74 Å². The molecule has 4 aromatic rings. The quantitative estimate of drug-likeness (QED) is 0.438. The minimum atomic E-state index is -4.60. The lowest BCUT2D eigenvalue weighted by molar-refractivity contribution is -0.140. The number of aromatic nitrogens is 6. The average Bonchev–Trinajstić information content (AvgIpc) is 3.36. The van der Waals surface area contributed by atoms with E-state index >= 15 is 0 Å². The molecule has 174 valence electrons. The number of hydrogen-bond acceptors (Lipinski definition) is 5. The Bertz CT molecular complexity index is 1340. The van der Waals surface area contributed by atoms with Gasteiger partial charge in [-0.15, -0.1) is 0 Å². The molecule has 1 saturated carbocycles. The van der Waals surface area contributed by atoms with Crippen LogP contribution in [0.4, 0.5) is 13.2 Å². The monoisotopic (exact) mass is 466 g/mol. The largest absolute Gasteiger partial charge is 0.493 e. The van der Waals surface area contributed by atoms with E-state index in [-0.39, 0.29) is 11.3 Å². The minimum Gasteiger partial charge on any atom is -0.493 e. The Morgan fingerprint density at radius 2 is 1.91 bits per heavy atom. The Labute approximate surface area is 193 Å². The van der Waals surface area contributed by atoms with Crippen molar-refractivity contribution < 1.29 is 17.9 Å². The molecule has 1 N–H and O–H groups in total. The summed E-state index contributed by atoms with van der Waals surface area (Å²) in [5.41, 5.74) is 2.56. The van der Waals surface area contributed by atoms with Crippen LogP contribution in [0.15, 0.2) is 49.1 Å². The van der Waals surface area contributed by atoms with Crippen molar-refractivity contribution in [2.45, 2.75) is 43.8 Å². The molecule has 0 radical (unpaired) electrons. The van der Waals surface area contributed by atoms with E-state index in [9.17, 15) is 13.2 Å². The van der Waals surface area contributed by atoms with E-state index in [1.54, 1.807) is 12.4 Å². The molecule has 1 atom stereocenters. The molecule has 2 aliphatic rings. The molecule has 0 spiro atoms. The van der Waals surface area contributed by atoms with Gasteiger partial charge in [0, 0.05) is 30.4 Å². The maximum atomic E-state index is 13.2. The van der Waals surface area contributed by atoms with Crippen molar-refractivity contribution in [2.75, 3.05) is 6.61 Å². The molecular formula is C24H21F3N6O. The van der Waals surface area contributed by atoms with Crippen LogP contribution in [-0.2, 0) is 12.7 Å². The smallest absolute Gasteiger partial charge is 0.437 e. The summed E-state index contributed by atoms with van der Waals surface area (Å²) < 4.78 is 47.6. The second kappa shape index (κ2) is 7.96. The zero-order chi connectivity index (χ0) is 23.3. The standard InChI is InChI=1S/C24H21F3N6O/c25-24(26,27)23-22(30-32-31-23)16-5-7-28-19(9-16)20-12-33(13-29-20)11-17-6-8-34-21-10-15(14-1-2-14)3-4-18(17)21/h3-5,7,9-10,12-14,17H,1-2,6,8,11H2,(H,30,31,32)/t17-/m0/s1. The van der Waals surface area contributed by atoms with Gasteiger partial charge >= 0.3 is 6.18 Å². The third-order valence-electron chi connectivity index (χ3n) is 6.43.